The van der Waals surface area contributed by atoms with Crippen molar-refractivity contribution in [2.45, 2.75) is 57.8 Å². The van der Waals surface area contributed by atoms with Crippen LogP contribution in [0.25, 0.3) is 11.3 Å². The third-order valence-electron chi connectivity index (χ3n) is 8.10. The normalized spacial score (nSPS) is 23.8. The molecule has 2 aromatic rings. The molecule has 1 aliphatic heterocycles. The standard InChI is InChI=1S/C26H34ClFN4/c27-23-8-7-21(28)15-22(23)24-9-10-25(31-30-24)29-17-20-16-26(20)11-13-32(14-12-26)18-19-5-3-1-2-4-6-19/h7-10,15,19-20H,1-6,11-14,16-18H2,(H,29,31)/t20-/m0/s1. The van der Waals surface area contributed by atoms with Crippen LogP contribution in [0.3, 0.4) is 0 Å². The van der Waals surface area contributed by atoms with Crippen LogP contribution < -0.4 is 5.32 Å². The molecule has 5 rings (SSSR count). The molecular weight excluding hydrogens is 423 g/mol. The third kappa shape index (κ3) is 5.09. The maximum Gasteiger partial charge on any atom is 0.148 e. The quantitative estimate of drug-likeness (QED) is 0.509. The van der Waals surface area contributed by atoms with E-state index in [1.807, 2.05) is 12.1 Å². The van der Waals surface area contributed by atoms with Gasteiger partial charge in [0.1, 0.15) is 11.6 Å². The molecule has 0 amide bonds. The average Bonchev–Trinajstić information content (AvgIpc) is 3.55. The van der Waals surface area contributed by atoms with E-state index in [1.54, 1.807) is 6.07 Å². The maximum absolute atomic E-state index is 13.5. The van der Waals surface area contributed by atoms with Crippen molar-refractivity contribution in [3.05, 3.63) is 41.2 Å². The Hall–Kier alpha value is -1.72. The van der Waals surface area contributed by atoms with E-state index in [0.29, 0.717) is 21.7 Å². The van der Waals surface area contributed by atoms with E-state index < -0.39 is 0 Å². The maximum atomic E-state index is 13.5. The minimum Gasteiger partial charge on any atom is -0.368 e. The molecule has 1 atom stereocenters. The fraction of sp³-hybridized carbons (Fsp3) is 0.615. The molecule has 6 heteroatoms. The van der Waals surface area contributed by atoms with Gasteiger partial charge in [0.05, 0.1) is 10.7 Å². The zero-order chi connectivity index (χ0) is 22.0. The van der Waals surface area contributed by atoms with Crippen LogP contribution in [0.5, 0.6) is 0 Å². The minimum atomic E-state index is -0.326. The van der Waals surface area contributed by atoms with Gasteiger partial charge in [-0.3, -0.25) is 0 Å². The van der Waals surface area contributed by atoms with E-state index in [4.69, 9.17) is 11.6 Å². The predicted octanol–water partition coefficient (Wildman–Crippen LogP) is 6.42. The Morgan fingerprint density at radius 2 is 1.81 bits per heavy atom. The van der Waals surface area contributed by atoms with Crippen molar-refractivity contribution in [2.24, 2.45) is 17.3 Å². The second kappa shape index (κ2) is 9.64. The second-order valence-corrected chi connectivity index (χ2v) is 10.6. The lowest BCUT2D eigenvalue weighted by Gasteiger charge is -2.35. The van der Waals surface area contributed by atoms with Crippen LogP contribution in [-0.2, 0) is 0 Å². The lowest BCUT2D eigenvalue weighted by Crippen LogP contribution is -2.38. The lowest BCUT2D eigenvalue weighted by atomic mass is 9.89. The first-order valence-electron chi connectivity index (χ1n) is 12.4. The van der Waals surface area contributed by atoms with Crippen molar-refractivity contribution in [3.8, 4) is 11.3 Å². The Morgan fingerprint density at radius 1 is 1.03 bits per heavy atom. The van der Waals surface area contributed by atoms with E-state index in [9.17, 15) is 4.39 Å². The highest BCUT2D eigenvalue weighted by Crippen LogP contribution is 2.59. The number of aromatic nitrogens is 2. The molecule has 1 aromatic heterocycles. The van der Waals surface area contributed by atoms with Gasteiger partial charge in [0, 0.05) is 18.7 Å². The summed E-state index contributed by atoms with van der Waals surface area (Å²) in [5.41, 5.74) is 1.71. The van der Waals surface area contributed by atoms with Gasteiger partial charge >= 0.3 is 0 Å². The Morgan fingerprint density at radius 3 is 2.53 bits per heavy atom. The Bertz CT molecular complexity index is 903. The molecule has 2 saturated carbocycles. The van der Waals surface area contributed by atoms with Crippen LogP contribution in [0, 0.1) is 23.1 Å². The van der Waals surface area contributed by atoms with E-state index in [-0.39, 0.29) is 5.82 Å². The van der Waals surface area contributed by atoms with E-state index in [2.05, 4.69) is 20.4 Å². The molecule has 2 heterocycles. The summed E-state index contributed by atoms with van der Waals surface area (Å²) in [6.45, 7) is 4.83. The Balaban J connectivity index is 1.08. The molecule has 1 spiro atoms. The highest BCUT2D eigenvalue weighted by Gasteiger charge is 2.54. The summed E-state index contributed by atoms with van der Waals surface area (Å²) >= 11 is 6.18. The van der Waals surface area contributed by atoms with Gasteiger partial charge in [0.25, 0.3) is 0 Å². The SMILES string of the molecule is Fc1ccc(Cl)c(-c2ccc(NC[C@@H]3CC34CCN(CC3CCCCCC3)CC4)nn2)c1. The van der Waals surface area contributed by atoms with Gasteiger partial charge in [-0.05, 0) is 92.8 Å². The van der Waals surface area contributed by atoms with Gasteiger partial charge in [-0.1, -0.05) is 37.3 Å². The van der Waals surface area contributed by atoms with Crippen LogP contribution in [0.2, 0.25) is 5.02 Å². The molecule has 1 N–H and O–H groups in total. The number of nitrogens with zero attached hydrogens (tertiary/aromatic N) is 3. The fourth-order valence-corrected chi connectivity index (χ4v) is 6.13. The zero-order valence-electron chi connectivity index (χ0n) is 18.8. The van der Waals surface area contributed by atoms with Crippen LogP contribution in [-0.4, -0.2) is 41.3 Å². The number of hydrogen-bond acceptors (Lipinski definition) is 4. The minimum absolute atomic E-state index is 0.326. The molecule has 0 unspecified atom stereocenters. The van der Waals surface area contributed by atoms with Crippen molar-refractivity contribution in [1.82, 2.24) is 15.1 Å². The lowest BCUT2D eigenvalue weighted by molar-refractivity contribution is 0.139. The monoisotopic (exact) mass is 456 g/mol. The summed E-state index contributed by atoms with van der Waals surface area (Å²) in [7, 11) is 0. The number of piperidine rings is 1. The summed E-state index contributed by atoms with van der Waals surface area (Å²) in [5.74, 6) is 2.12. The molecule has 0 bridgehead atoms. The Labute approximate surface area is 195 Å². The molecule has 4 nitrogen and oxygen atoms in total. The highest BCUT2D eigenvalue weighted by atomic mass is 35.5. The number of anilines is 1. The summed E-state index contributed by atoms with van der Waals surface area (Å²) in [6.07, 6.45) is 12.7. The predicted molar refractivity (Wildman–Crippen MR) is 128 cm³/mol. The summed E-state index contributed by atoms with van der Waals surface area (Å²) in [6, 6.07) is 8.06. The molecule has 1 aromatic carbocycles. The van der Waals surface area contributed by atoms with Gasteiger partial charge in [-0.25, -0.2) is 4.39 Å². The molecule has 2 aliphatic carbocycles. The van der Waals surface area contributed by atoms with E-state index >= 15 is 0 Å². The first kappa shape index (κ1) is 22.1. The smallest absolute Gasteiger partial charge is 0.148 e. The van der Waals surface area contributed by atoms with Gasteiger partial charge < -0.3 is 10.2 Å². The van der Waals surface area contributed by atoms with Gasteiger partial charge in [0.15, 0.2) is 0 Å². The van der Waals surface area contributed by atoms with E-state index in [1.165, 1.54) is 89.6 Å². The largest absolute Gasteiger partial charge is 0.368 e. The number of likely N-dealkylation sites (tertiary alicyclic amines) is 1. The summed E-state index contributed by atoms with van der Waals surface area (Å²) < 4.78 is 13.5. The fourth-order valence-electron chi connectivity index (χ4n) is 5.92. The highest BCUT2D eigenvalue weighted by molar-refractivity contribution is 6.33. The molecule has 32 heavy (non-hydrogen) atoms. The first-order chi connectivity index (χ1) is 15.6. The number of halogens is 2. The average molecular weight is 457 g/mol. The summed E-state index contributed by atoms with van der Waals surface area (Å²) in [5, 5.41) is 12.5. The van der Waals surface area contributed by atoms with Crippen molar-refractivity contribution in [3.63, 3.8) is 0 Å². The van der Waals surface area contributed by atoms with Crippen LogP contribution in [0.1, 0.15) is 57.8 Å². The number of benzene rings is 1. The molecule has 3 fully saturated rings. The summed E-state index contributed by atoms with van der Waals surface area (Å²) in [4.78, 5) is 2.74. The van der Waals surface area contributed by atoms with Gasteiger partial charge in [-0.15, -0.1) is 10.2 Å². The van der Waals surface area contributed by atoms with Crippen LogP contribution in [0.15, 0.2) is 30.3 Å². The topological polar surface area (TPSA) is 41.0 Å². The van der Waals surface area contributed by atoms with Crippen LogP contribution >= 0.6 is 11.6 Å². The molecular formula is C26H34ClFN4. The third-order valence-corrected chi connectivity index (χ3v) is 8.43. The number of hydrogen-bond donors (Lipinski definition) is 1. The van der Waals surface area contributed by atoms with Gasteiger partial charge in [-0.2, -0.15) is 0 Å². The Kier molecular flexibility index (Phi) is 6.66. The van der Waals surface area contributed by atoms with Crippen molar-refractivity contribution in [1.29, 1.82) is 0 Å². The molecule has 3 aliphatic rings. The number of rotatable bonds is 6. The number of nitrogens with one attached hydrogen (secondary N) is 1. The molecule has 0 radical (unpaired) electrons. The van der Waals surface area contributed by atoms with Crippen molar-refractivity contribution < 1.29 is 4.39 Å². The molecule has 1 saturated heterocycles. The second-order valence-electron chi connectivity index (χ2n) is 10.2. The van der Waals surface area contributed by atoms with Gasteiger partial charge in [0.2, 0.25) is 0 Å². The first-order valence-corrected chi connectivity index (χ1v) is 12.7. The van der Waals surface area contributed by atoms with Crippen molar-refractivity contribution >= 4 is 17.4 Å². The van der Waals surface area contributed by atoms with E-state index in [0.717, 1.165) is 24.2 Å². The zero-order valence-corrected chi connectivity index (χ0v) is 19.6. The van der Waals surface area contributed by atoms with Crippen molar-refractivity contribution in [2.75, 3.05) is 31.5 Å². The molecule has 172 valence electrons. The van der Waals surface area contributed by atoms with Crippen LogP contribution in [0.4, 0.5) is 10.2 Å².